The first-order valence-electron chi connectivity index (χ1n) is 19.6. The number of carbonyl (C=O) groups is 7. The molecule has 0 unspecified atom stereocenters. The van der Waals surface area contributed by atoms with E-state index in [2.05, 4.69) is 35.1 Å². The number of likely N-dealkylation sites (tertiary alicyclic amines) is 1. The number of piperidine rings is 2. The molecule has 292 valence electrons. The van der Waals surface area contributed by atoms with Gasteiger partial charge in [-0.1, -0.05) is 100 Å². The molecule has 0 radical (unpaired) electrons. The molecule has 3 saturated heterocycles. The van der Waals surface area contributed by atoms with Gasteiger partial charge in [0.1, 0.15) is 12.1 Å². The Balaban J connectivity index is 1.55. The summed E-state index contributed by atoms with van der Waals surface area (Å²) in [6.07, 6.45) is 7.89. The van der Waals surface area contributed by atoms with Crippen LogP contribution in [0.2, 0.25) is 0 Å². The number of Topliss-reactive ketones (excluding diaryl/α,β-unsaturated/α-hetero) is 1. The van der Waals surface area contributed by atoms with Gasteiger partial charge < -0.3 is 26.2 Å². The number of nitrogens with zero attached hydrogens (tertiary/aromatic N) is 2. The largest absolute Gasteiger partial charge is 0.349 e. The van der Waals surface area contributed by atoms with Crippen LogP contribution in [0.3, 0.4) is 0 Å². The predicted octanol–water partition coefficient (Wildman–Crippen LogP) is 3.83. The fourth-order valence-corrected chi connectivity index (χ4v) is 8.35. The highest BCUT2D eigenvalue weighted by Crippen LogP contribution is 2.65. The van der Waals surface area contributed by atoms with Gasteiger partial charge in [0.25, 0.3) is 5.91 Å². The number of ketones is 1. The Morgan fingerprint density at radius 1 is 0.885 bits per heavy atom. The van der Waals surface area contributed by atoms with Gasteiger partial charge in [0.2, 0.25) is 29.4 Å². The van der Waals surface area contributed by atoms with Gasteiger partial charge in [0.15, 0.2) is 0 Å². The summed E-state index contributed by atoms with van der Waals surface area (Å²) in [5.74, 6) is -2.77. The summed E-state index contributed by atoms with van der Waals surface area (Å²) < 4.78 is 0. The molecule has 0 spiro atoms. The van der Waals surface area contributed by atoms with Gasteiger partial charge in [-0.15, -0.1) is 0 Å². The van der Waals surface area contributed by atoms with Gasteiger partial charge in [0.05, 0.1) is 12.1 Å². The Kier molecular flexibility index (Phi) is 13.2. The molecule has 7 amide bonds. The third-order valence-corrected chi connectivity index (χ3v) is 11.8. The van der Waals surface area contributed by atoms with Crippen LogP contribution in [0, 0.1) is 28.1 Å². The first-order valence-corrected chi connectivity index (χ1v) is 19.6. The molecule has 3 heterocycles. The molecule has 13 heteroatoms. The average Bonchev–Trinajstić information content (AvgIpc) is 3.35. The lowest BCUT2D eigenvalue weighted by Crippen LogP contribution is -2.61. The van der Waals surface area contributed by atoms with Crippen molar-refractivity contribution < 1.29 is 33.6 Å². The van der Waals surface area contributed by atoms with E-state index in [0.717, 1.165) is 32.1 Å². The lowest BCUT2D eigenvalue weighted by atomic mass is 9.80. The van der Waals surface area contributed by atoms with E-state index in [1.54, 1.807) is 4.90 Å². The highest BCUT2D eigenvalue weighted by molar-refractivity contribution is 6.38. The third kappa shape index (κ3) is 9.92. The maximum Gasteiger partial charge on any atom is 0.315 e. The number of hydrogen-bond donors (Lipinski definition) is 4. The maximum atomic E-state index is 14.4. The van der Waals surface area contributed by atoms with Gasteiger partial charge in [-0.3, -0.25) is 33.7 Å². The normalized spacial score (nSPS) is 29.0. The van der Waals surface area contributed by atoms with E-state index in [1.807, 2.05) is 41.5 Å². The molecule has 0 bridgehead atoms. The van der Waals surface area contributed by atoms with Crippen molar-refractivity contribution in [2.75, 3.05) is 19.6 Å². The minimum Gasteiger partial charge on any atom is -0.349 e. The van der Waals surface area contributed by atoms with Crippen molar-refractivity contribution in [1.29, 1.82) is 0 Å². The molecule has 4 fully saturated rings. The fourth-order valence-electron chi connectivity index (χ4n) is 8.35. The van der Waals surface area contributed by atoms with Crippen molar-refractivity contribution in [2.24, 2.45) is 28.1 Å². The first-order chi connectivity index (χ1) is 24.3. The Bertz CT molecular complexity index is 1370. The van der Waals surface area contributed by atoms with Gasteiger partial charge in [-0.05, 0) is 47.3 Å². The zero-order valence-corrected chi connectivity index (χ0v) is 32.8. The molecule has 4 N–H and O–H groups in total. The minimum atomic E-state index is -0.992. The second-order valence-electron chi connectivity index (χ2n) is 18.1. The van der Waals surface area contributed by atoms with E-state index in [1.165, 1.54) is 4.90 Å². The number of fused-ring (bicyclic) bond motifs is 3. The van der Waals surface area contributed by atoms with Crippen LogP contribution in [-0.2, 0) is 28.8 Å². The zero-order chi connectivity index (χ0) is 38.6. The molecule has 4 aliphatic rings. The van der Waals surface area contributed by atoms with E-state index < -0.39 is 58.6 Å². The Morgan fingerprint density at radius 2 is 1.46 bits per heavy atom. The Labute approximate surface area is 309 Å². The number of imide groups is 1. The van der Waals surface area contributed by atoms with Crippen molar-refractivity contribution in [3.63, 3.8) is 0 Å². The lowest BCUT2D eigenvalue weighted by Gasteiger charge is -2.40. The molecule has 0 aromatic carbocycles. The highest BCUT2D eigenvalue weighted by atomic mass is 16.2. The van der Waals surface area contributed by atoms with E-state index in [9.17, 15) is 33.6 Å². The second-order valence-corrected chi connectivity index (χ2v) is 18.1. The summed E-state index contributed by atoms with van der Waals surface area (Å²) in [5.41, 5.74) is -1.13. The zero-order valence-electron chi connectivity index (χ0n) is 32.8. The number of hydrogen-bond acceptors (Lipinski definition) is 7. The minimum absolute atomic E-state index is 0.0203. The summed E-state index contributed by atoms with van der Waals surface area (Å²) >= 11 is 0. The van der Waals surface area contributed by atoms with Crippen molar-refractivity contribution in [3.8, 4) is 0 Å². The number of amides is 7. The van der Waals surface area contributed by atoms with Gasteiger partial charge in [-0.25, -0.2) is 4.79 Å². The number of rotatable bonds is 8. The van der Waals surface area contributed by atoms with Crippen molar-refractivity contribution in [2.45, 2.75) is 157 Å². The SMILES string of the molecule is CCCNC(=O)C(=O)[C@H]1CCCCCCCCC[C@@H](NC(=O)N[C@H](CN2C(=O)CC(C)(C)CC2=O)C(C)(C)C)C(=O)N2C[C@H]3[C@@H]([C@H]2C(=O)N1)C3(C)C. The monoisotopic (exact) mass is 728 g/mol. The summed E-state index contributed by atoms with van der Waals surface area (Å²) in [7, 11) is 0. The Morgan fingerprint density at radius 3 is 2.04 bits per heavy atom. The first kappa shape index (κ1) is 41.2. The number of urea groups is 1. The molecule has 4 rings (SSSR count). The van der Waals surface area contributed by atoms with Crippen LogP contribution in [0.25, 0.3) is 0 Å². The molecule has 13 nitrogen and oxygen atoms in total. The molecule has 6 atom stereocenters. The van der Waals surface area contributed by atoms with Crippen LogP contribution in [-0.4, -0.2) is 95.0 Å². The molecule has 0 aromatic heterocycles. The predicted molar refractivity (Wildman–Crippen MR) is 196 cm³/mol. The topological polar surface area (TPSA) is 174 Å². The van der Waals surface area contributed by atoms with Crippen LogP contribution in [0.15, 0.2) is 0 Å². The van der Waals surface area contributed by atoms with Gasteiger partial charge in [-0.2, -0.15) is 0 Å². The summed E-state index contributed by atoms with van der Waals surface area (Å²) in [6.45, 7) is 16.3. The molecular weight excluding hydrogens is 664 g/mol. The number of carbonyl (C=O) groups excluding carboxylic acids is 7. The van der Waals surface area contributed by atoms with Gasteiger partial charge in [0, 0.05) is 32.5 Å². The molecular formula is C39H64N6O7. The van der Waals surface area contributed by atoms with E-state index in [-0.39, 0.29) is 54.4 Å². The van der Waals surface area contributed by atoms with Crippen LogP contribution < -0.4 is 21.3 Å². The summed E-state index contributed by atoms with van der Waals surface area (Å²) in [6, 6.07) is -3.93. The van der Waals surface area contributed by atoms with Crippen molar-refractivity contribution in [3.05, 3.63) is 0 Å². The standard InChI is InChI=1S/C39H64N6O7/c1-9-19-40-34(50)32(48)25-17-15-13-11-10-12-14-16-18-26(35(51)45-22-24-30(39(24,7)8)31(45)33(49)41-25)42-36(52)43-27(37(2,3)4)23-44-28(46)20-38(5,6)21-29(44)47/h24-27,30-31H,9-23H2,1-8H3,(H,40,50)(H,41,49)(H2,42,43,52)/t24-,25+,26+,27+,30-,31-/m0/s1. The highest BCUT2D eigenvalue weighted by Gasteiger charge is 2.69. The average molecular weight is 729 g/mol. The van der Waals surface area contributed by atoms with E-state index in [0.29, 0.717) is 45.2 Å². The quantitative estimate of drug-likeness (QED) is 0.217. The molecule has 1 aliphatic carbocycles. The second kappa shape index (κ2) is 16.7. The molecule has 3 aliphatic heterocycles. The number of nitrogens with one attached hydrogen (secondary N) is 4. The smallest absolute Gasteiger partial charge is 0.315 e. The van der Waals surface area contributed by atoms with Crippen molar-refractivity contribution >= 4 is 41.4 Å². The van der Waals surface area contributed by atoms with Gasteiger partial charge >= 0.3 is 6.03 Å². The fraction of sp³-hybridized carbons (Fsp3) is 0.821. The van der Waals surface area contributed by atoms with Crippen molar-refractivity contribution in [1.82, 2.24) is 31.1 Å². The third-order valence-electron chi connectivity index (χ3n) is 11.8. The molecule has 1 saturated carbocycles. The van der Waals surface area contributed by atoms with E-state index >= 15 is 0 Å². The maximum absolute atomic E-state index is 14.4. The molecule has 52 heavy (non-hydrogen) atoms. The summed E-state index contributed by atoms with van der Waals surface area (Å²) in [5, 5.41) is 11.4. The Hall–Kier alpha value is -3.51. The lowest BCUT2D eigenvalue weighted by molar-refractivity contribution is -0.153. The van der Waals surface area contributed by atoms with Crippen LogP contribution in [0.1, 0.15) is 132 Å². The van der Waals surface area contributed by atoms with Crippen LogP contribution in [0.5, 0.6) is 0 Å². The van der Waals surface area contributed by atoms with Crippen LogP contribution in [0.4, 0.5) is 4.79 Å². The van der Waals surface area contributed by atoms with E-state index in [4.69, 9.17) is 0 Å². The molecule has 0 aromatic rings. The summed E-state index contributed by atoms with van der Waals surface area (Å²) in [4.78, 5) is 97.1. The van der Waals surface area contributed by atoms with Crippen LogP contribution >= 0.6 is 0 Å².